The SMILES string of the molecule is CC(Cc1cc(NC(=O)CCNC(=O)c2ccccc2Cl)n[nH]1)c1cc(F)cc(F)c1. The monoisotopic (exact) mass is 446 g/mol. The fourth-order valence-corrected chi connectivity index (χ4v) is 3.29. The predicted octanol–water partition coefficient (Wildman–Crippen LogP) is 4.45. The van der Waals surface area contributed by atoms with Crippen LogP contribution in [0.2, 0.25) is 5.02 Å². The number of amides is 2. The minimum atomic E-state index is -0.624. The van der Waals surface area contributed by atoms with E-state index in [1.807, 2.05) is 6.92 Å². The summed E-state index contributed by atoms with van der Waals surface area (Å²) in [6.45, 7) is 1.98. The lowest BCUT2D eigenvalue weighted by Gasteiger charge is -2.10. The van der Waals surface area contributed by atoms with E-state index in [-0.39, 0.29) is 30.7 Å². The standard InChI is InChI=1S/C22H21ClF2N4O2/c1-13(14-9-15(24)11-16(25)10-14)8-17-12-20(29-28-17)27-21(30)6-7-26-22(31)18-4-2-3-5-19(18)23/h2-5,9-13H,6-8H2,1H3,(H,26,31)(H2,27,28,29,30). The Morgan fingerprint density at radius 1 is 1.13 bits per heavy atom. The number of H-pyrrole nitrogens is 1. The molecule has 1 heterocycles. The van der Waals surface area contributed by atoms with Gasteiger partial charge in [-0.05, 0) is 42.2 Å². The van der Waals surface area contributed by atoms with Crippen LogP contribution in [0, 0.1) is 11.6 Å². The molecule has 0 fully saturated rings. The molecule has 0 spiro atoms. The first-order valence-electron chi connectivity index (χ1n) is 9.64. The van der Waals surface area contributed by atoms with Crippen molar-refractivity contribution in [3.05, 3.63) is 82.0 Å². The van der Waals surface area contributed by atoms with Crippen LogP contribution in [0.1, 0.15) is 40.9 Å². The highest BCUT2D eigenvalue weighted by Crippen LogP contribution is 2.22. The molecule has 0 radical (unpaired) electrons. The molecule has 3 rings (SSSR count). The summed E-state index contributed by atoms with van der Waals surface area (Å²) in [7, 11) is 0. The zero-order chi connectivity index (χ0) is 22.4. The van der Waals surface area contributed by atoms with Gasteiger partial charge in [0, 0.05) is 30.8 Å². The van der Waals surface area contributed by atoms with E-state index in [2.05, 4.69) is 20.8 Å². The van der Waals surface area contributed by atoms with Crippen LogP contribution < -0.4 is 10.6 Å². The molecule has 2 aromatic carbocycles. The number of hydrogen-bond donors (Lipinski definition) is 3. The maximum Gasteiger partial charge on any atom is 0.252 e. The van der Waals surface area contributed by atoms with E-state index < -0.39 is 11.6 Å². The van der Waals surface area contributed by atoms with Gasteiger partial charge < -0.3 is 10.6 Å². The molecule has 31 heavy (non-hydrogen) atoms. The van der Waals surface area contributed by atoms with E-state index in [1.165, 1.54) is 12.1 Å². The zero-order valence-electron chi connectivity index (χ0n) is 16.7. The average molecular weight is 447 g/mol. The van der Waals surface area contributed by atoms with E-state index in [0.29, 0.717) is 34.1 Å². The van der Waals surface area contributed by atoms with Crippen molar-refractivity contribution in [2.75, 3.05) is 11.9 Å². The third-order valence-electron chi connectivity index (χ3n) is 4.63. The number of aromatic amines is 1. The Bertz CT molecular complexity index is 1070. The Kier molecular flexibility index (Phi) is 7.36. The molecule has 0 saturated heterocycles. The predicted molar refractivity (Wildman–Crippen MR) is 114 cm³/mol. The van der Waals surface area contributed by atoms with Crippen LogP contribution in [0.15, 0.2) is 48.5 Å². The van der Waals surface area contributed by atoms with E-state index in [4.69, 9.17) is 11.6 Å². The van der Waals surface area contributed by atoms with Gasteiger partial charge in [0.15, 0.2) is 5.82 Å². The van der Waals surface area contributed by atoms with Crippen molar-refractivity contribution in [1.82, 2.24) is 15.5 Å². The molecule has 0 aliphatic heterocycles. The first kappa shape index (κ1) is 22.4. The number of carbonyl (C=O) groups excluding carboxylic acids is 2. The van der Waals surface area contributed by atoms with Crippen LogP contribution in [-0.4, -0.2) is 28.6 Å². The largest absolute Gasteiger partial charge is 0.351 e. The molecule has 6 nitrogen and oxygen atoms in total. The van der Waals surface area contributed by atoms with Gasteiger partial charge in [0.05, 0.1) is 10.6 Å². The number of carbonyl (C=O) groups is 2. The summed E-state index contributed by atoms with van der Waals surface area (Å²) in [4.78, 5) is 24.2. The molecule has 0 bridgehead atoms. The molecule has 3 N–H and O–H groups in total. The molecule has 1 atom stereocenters. The minimum Gasteiger partial charge on any atom is -0.351 e. The quantitative estimate of drug-likeness (QED) is 0.478. The fourth-order valence-electron chi connectivity index (χ4n) is 3.07. The summed E-state index contributed by atoms with van der Waals surface area (Å²) in [6.07, 6.45) is 0.511. The van der Waals surface area contributed by atoms with Crippen molar-refractivity contribution in [2.24, 2.45) is 0 Å². The summed E-state index contributed by atoms with van der Waals surface area (Å²) < 4.78 is 26.8. The minimum absolute atomic E-state index is 0.0529. The number of nitrogens with zero attached hydrogens (tertiary/aromatic N) is 1. The van der Waals surface area contributed by atoms with E-state index in [9.17, 15) is 18.4 Å². The van der Waals surface area contributed by atoms with Crippen LogP contribution >= 0.6 is 11.6 Å². The molecule has 162 valence electrons. The van der Waals surface area contributed by atoms with Crippen LogP contribution in [0.25, 0.3) is 0 Å². The summed E-state index contributed by atoms with van der Waals surface area (Å²) in [5.41, 5.74) is 1.58. The highest BCUT2D eigenvalue weighted by Gasteiger charge is 2.13. The average Bonchev–Trinajstić information content (AvgIpc) is 3.14. The van der Waals surface area contributed by atoms with Crippen LogP contribution in [-0.2, 0) is 11.2 Å². The van der Waals surface area contributed by atoms with Gasteiger partial charge in [-0.25, -0.2) is 8.78 Å². The third kappa shape index (κ3) is 6.36. The smallest absolute Gasteiger partial charge is 0.252 e. The maximum atomic E-state index is 13.4. The first-order chi connectivity index (χ1) is 14.8. The van der Waals surface area contributed by atoms with Gasteiger partial charge in [-0.15, -0.1) is 0 Å². The van der Waals surface area contributed by atoms with Gasteiger partial charge in [0.1, 0.15) is 11.6 Å². The molecule has 1 unspecified atom stereocenters. The topological polar surface area (TPSA) is 86.9 Å². The van der Waals surface area contributed by atoms with Gasteiger partial charge >= 0.3 is 0 Å². The number of rotatable bonds is 8. The summed E-state index contributed by atoms with van der Waals surface area (Å²) in [6, 6.07) is 11.7. The highest BCUT2D eigenvalue weighted by molar-refractivity contribution is 6.33. The Balaban J connectivity index is 1.47. The molecule has 1 aromatic heterocycles. The number of anilines is 1. The van der Waals surface area contributed by atoms with Crippen LogP contribution in [0.3, 0.4) is 0 Å². The van der Waals surface area contributed by atoms with E-state index >= 15 is 0 Å². The van der Waals surface area contributed by atoms with Gasteiger partial charge in [-0.2, -0.15) is 5.10 Å². The number of benzene rings is 2. The van der Waals surface area contributed by atoms with E-state index in [1.54, 1.807) is 30.3 Å². The lowest BCUT2D eigenvalue weighted by atomic mass is 9.96. The van der Waals surface area contributed by atoms with Gasteiger partial charge in [-0.3, -0.25) is 14.7 Å². The second-order valence-corrected chi connectivity index (χ2v) is 7.53. The van der Waals surface area contributed by atoms with Crippen LogP contribution in [0.4, 0.5) is 14.6 Å². The summed E-state index contributed by atoms with van der Waals surface area (Å²) >= 11 is 5.97. The zero-order valence-corrected chi connectivity index (χ0v) is 17.5. The van der Waals surface area contributed by atoms with Crippen molar-refractivity contribution in [1.29, 1.82) is 0 Å². The molecule has 0 aliphatic carbocycles. The molecular weight excluding hydrogens is 426 g/mol. The van der Waals surface area contributed by atoms with Crippen molar-refractivity contribution in [3.8, 4) is 0 Å². The van der Waals surface area contributed by atoms with Gasteiger partial charge in [0.2, 0.25) is 5.91 Å². The van der Waals surface area contributed by atoms with Crippen molar-refractivity contribution >= 4 is 29.2 Å². The van der Waals surface area contributed by atoms with Gasteiger partial charge in [0.25, 0.3) is 5.91 Å². The lowest BCUT2D eigenvalue weighted by molar-refractivity contribution is -0.116. The molecule has 0 aliphatic rings. The Morgan fingerprint density at radius 3 is 2.55 bits per heavy atom. The Morgan fingerprint density at radius 2 is 1.84 bits per heavy atom. The van der Waals surface area contributed by atoms with Crippen molar-refractivity contribution in [2.45, 2.75) is 25.7 Å². The number of nitrogens with one attached hydrogen (secondary N) is 3. The Labute approximate surface area is 183 Å². The molecule has 2 amide bonds. The Hall–Kier alpha value is -3.26. The number of halogens is 3. The normalized spacial score (nSPS) is 11.7. The molecule has 3 aromatic rings. The molecule has 0 saturated carbocycles. The van der Waals surface area contributed by atoms with Gasteiger partial charge in [-0.1, -0.05) is 30.7 Å². The number of aromatic nitrogens is 2. The molecular formula is C22H21ClF2N4O2. The number of hydrogen-bond acceptors (Lipinski definition) is 3. The summed E-state index contributed by atoms with van der Waals surface area (Å²) in [5, 5.41) is 12.5. The summed E-state index contributed by atoms with van der Waals surface area (Å²) in [5.74, 6) is -1.76. The first-order valence-corrected chi connectivity index (χ1v) is 10.0. The molecule has 9 heteroatoms. The second-order valence-electron chi connectivity index (χ2n) is 7.12. The maximum absolute atomic E-state index is 13.4. The lowest BCUT2D eigenvalue weighted by Crippen LogP contribution is -2.27. The van der Waals surface area contributed by atoms with Crippen LogP contribution in [0.5, 0.6) is 0 Å². The van der Waals surface area contributed by atoms with E-state index in [0.717, 1.165) is 6.07 Å². The fraction of sp³-hybridized carbons (Fsp3) is 0.227. The second kappa shape index (κ2) is 10.2. The van der Waals surface area contributed by atoms with Crippen molar-refractivity contribution < 1.29 is 18.4 Å². The van der Waals surface area contributed by atoms with Crippen molar-refractivity contribution in [3.63, 3.8) is 0 Å². The highest BCUT2D eigenvalue weighted by atomic mass is 35.5. The third-order valence-corrected chi connectivity index (χ3v) is 4.96.